The van der Waals surface area contributed by atoms with Gasteiger partial charge in [-0.15, -0.1) is 0 Å². The lowest BCUT2D eigenvalue weighted by Crippen LogP contribution is -2.45. The van der Waals surface area contributed by atoms with E-state index < -0.39 is 26.6 Å². The topological polar surface area (TPSA) is 108 Å². The molecule has 0 saturated heterocycles. The second-order valence-electron chi connectivity index (χ2n) is 21.7. The number of nitrogens with zero attached hydrogens (tertiary/aromatic N) is 1. The number of hydrogen-bond acceptors (Lipinski definition) is 6. The Labute approximate surface area is 441 Å². The standard InChI is InChI=1S/C62H117N2O6P/c1-6-8-10-12-14-16-18-20-22-24-26-28-29-30-31-32-33-34-35-36-38-40-42-44-46-48-50-52-54-56-62(66)63-60(59-70-71(67,68)69-58-57-64(3,4)5)61(65)55-53-51-49-47-45-43-41-39-37-27-25-23-21-19-17-15-13-11-9-7-2/h18,20,24,26,29-30,45,47,53,55,60-61,65H,6-17,19,21-23,25,27-28,31-44,46,48-52,54,56-59H2,1-5H3,(H-,63,66,67,68)/b20-18-,26-24-,30-29-,47-45+,55-53+. The normalized spacial score (nSPS) is 14.3. The Bertz CT molecular complexity index is 1340. The van der Waals surface area contributed by atoms with Crippen LogP contribution in [0, 0.1) is 0 Å². The molecule has 9 heteroatoms. The summed E-state index contributed by atoms with van der Waals surface area (Å²) in [6, 6.07) is -0.906. The minimum Gasteiger partial charge on any atom is -0.756 e. The van der Waals surface area contributed by atoms with E-state index >= 15 is 0 Å². The first kappa shape index (κ1) is 69.2. The second-order valence-corrected chi connectivity index (χ2v) is 23.1. The van der Waals surface area contributed by atoms with Crippen molar-refractivity contribution in [1.82, 2.24) is 5.32 Å². The number of carbonyl (C=O) groups excluding carboxylic acids is 1. The molecular weight excluding hydrogens is 900 g/mol. The Morgan fingerprint density at radius 3 is 1.24 bits per heavy atom. The number of aliphatic hydroxyl groups is 1. The van der Waals surface area contributed by atoms with E-state index in [1.165, 1.54) is 205 Å². The summed E-state index contributed by atoms with van der Waals surface area (Å²) in [4.78, 5) is 25.5. The van der Waals surface area contributed by atoms with Crippen LogP contribution < -0.4 is 10.2 Å². The number of rotatable bonds is 55. The molecule has 0 aliphatic rings. The van der Waals surface area contributed by atoms with E-state index in [-0.39, 0.29) is 12.5 Å². The number of nitrogens with one attached hydrogen (secondary N) is 1. The maximum atomic E-state index is 13.0. The molecule has 0 rings (SSSR count). The van der Waals surface area contributed by atoms with Crippen LogP contribution in [0.3, 0.4) is 0 Å². The predicted octanol–water partition coefficient (Wildman–Crippen LogP) is 17.9. The molecule has 0 aromatic heterocycles. The molecule has 8 nitrogen and oxygen atoms in total. The summed E-state index contributed by atoms with van der Waals surface area (Å²) in [7, 11) is 1.25. The molecule has 0 aliphatic carbocycles. The van der Waals surface area contributed by atoms with E-state index in [1.807, 2.05) is 27.2 Å². The van der Waals surface area contributed by atoms with Crippen molar-refractivity contribution in [3.05, 3.63) is 60.8 Å². The third kappa shape index (κ3) is 55.8. The molecule has 3 atom stereocenters. The largest absolute Gasteiger partial charge is 0.756 e. The Morgan fingerprint density at radius 2 is 0.831 bits per heavy atom. The van der Waals surface area contributed by atoms with E-state index in [2.05, 4.69) is 67.8 Å². The lowest BCUT2D eigenvalue weighted by atomic mass is 10.0. The highest BCUT2D eigenvalue weighted by atomic mass is 31.2. The predicted molar refractivity (Wildman–Crippen MR) is 307 cm³/mol. The Hall–Kier alpha value is -1.80. The van der Waals surface area contributed by atoms with Gasteiger partial charge in [-0.2, -0.15) is 0 Å². The molecule has 0 aromatic rings. The smallest absolute Gasteiger partial charge is 0.268 e. The summed E-state index contributed by atoms with van der Waals surface area (Å²) >= 11 is 0. The van der Waals surface area contributed by atoms with Crippen molar-refractivity contribution >= 4 is 13.7 Å². The van der Waals surface area contributed by atoms with Gasteiger partial charge < -0.3 is 28.8 Å². The third-order valence-corrected chi connectivity index (χ3v) is 14.4. The summed E-state index contributed by atoms with van der Waals surface area (Å²) in [5.74, 6) is -0.207. The Kier molecular flexibility index (Phi) is 51.7. The zero-order valence-electron chi connectivity index (χ0n) is 47.4. The fourth-order valence-corrected chi connectivity index (χ4v) is 9.43. The number of phosphoric acid groups is 1. The van der Waals surface area contributed by atoms with Gasteiger partial charge in [-0.05, 0) is 70.6 Å². The van der Waals surface area contributed by atoms with Gasteiger partial charge in [-0.3, -0.25) is 9.36 Å². The molecule has 0 radical (unpaired) electrons. The molecule has 0 aliphatic heterocycles. The van der Waals surface area contributed by atoms with Crippen molar-refractivity contribution in [3.8, 4) is 0 Å². The van der Waals surface area contributed by atoms with Crippen molar-refractivity contribution in [2.45, 2.75) is 289 Å². The average Bonchev–Trinajstić information content (AvgIpc) is 3.33. The van der Waals surface area contributed by atoms with Gasteiger partial charge in [-0.25, -0.2) is 0 Å². The van der Waals surface area contributed by atoms with Gasteiger partial charge in [0.05, 0.1) is 39.9 Å². The first-order valence-electron chi connectivity index (χ1n) is 30.2. The third-order valence-electron chi connectivity index (χ3n) is 13.4. The maximum absolute atomic E-state index is 13.0. The van der Waals surface area contributed by atoms with Crippen LogP contribution in [-0.2, 0) is 18.4 Å². The molecule has 71 heavy (non-hydrogen) atoms. The maximum Gasteiger partial charge on any atom is 0.268 e. The summed E-state index contributed by atoms with van der Waals surface area (Å²) in [6.07, 6.45) is 71.6. The zero-order valence-corrected chi connectivity index (χ0v) is 48.3. The number of unbranched alkanes of at least 4 members (excludes halogenated alkanes) is 34. The van der Waals surface area contributed by atoms with E-state index in [4.69, 9.17) is 9.05 Å². The molecule has 0 aromatic carbocycles. The second kappa shape index (κ2) is 53.0. The van der Waals surface area contributed by atoms with E-state index in [1.54, 1.807) is 6.08 Å². The van der Waals surface area contributed by atoms with Crippen molar-refractivity contribution < 1.29 is 32.9 Å². The molecule has 3 unspecified atom stereocenters. The van der Waals surface area contributed by atoms with Crippen molar-refractivity contribution in [2.24, 2.45) is 0 Å². The van der Waals surface area contributed by atoms with Crippen LogP contribution in [0.2, 0.25) is 0 Å². The highest BCUT2D eigenvalue weighted by Gasteiger charge is 2.23. The van der Waals surface area contributed by atoms with Gasteiger partial charge in [0.25, 0.3) is 7.82 Å². The number of allylic oxidation sites excluding steroid dienone is 9. The quantitative estimate of drug-likeness (QED) is 0.0272. The fraction of sp³-hybridized carbons (Fsp3) is 0.823. The number of hydrogen-bond donors (Lipinski definition) is 2. The minimum atomic E-state index is -4.61. The Morgan fingerprint density at radius 1 is 0.493 bits per heavy atom. The highest BCUT2D eigenvalue weighted by molar-refractivity contribution is 7.45. The van der Waals surface area contributed by atoms with E-state index in [0.29, 0.717) is 17.4 Å². The van der Waals surface area contributed by atoms with Gasteiger partial charge in [0.1, 0.15) is 13.2 Å². The van der Waals surface area contributed by atoms with E-state index in [9.17, 15) is 19.4 Å². The summed E-state index contributed by atoms with van der Waals surface area (Å²) in [5.41, 5.74) is 0. The van der Waals surface area contributed by atoms with Gasteiger partial charge in [0.15, 0.2) is 0 Å². The molecule has 0 bridgehead atoms. The van der Waals surface area contributed by atoms with Crippen LogP contribution in [0.1, 0.15) is 277 Å². The lowest BCUT2D eigenvalue weighted by Gasteiger charge is -2.29. The van der Waals surface area contributed by atoms with Crippen LogP contribution in [0.25, 0.3) is 0 Å². The number of aliphatic hydroxyl groups excluding tert-OH is 1. The fourth-order valence-electron chi connectivity index (χ4n) is 8.71. The molecule has 0 heterocycles. The van der Waals surface area contributed by atoms with Crippen LogP contribution in [0.4, 0.5) is 0 Å². The van der Waals surface area contributed by atoms with Crippen LogP contribution in [0.5, 0.6) is 0 Å². The monoisotopic (exact) mass is 1020 g/mol. The van der Waals surface area contributed by atoms with Gasteiger partial charge >= 0.3 is 0 Å². The van der Waals surface area contributed by atoms with E-state index in [0.717, 1.165) is 51.4 Å². The van der Waals surface area contributed by atoms with Crippen molar-refractivity contribution in [1.29, 1.82) is 0 Å². The Balaban J connectivity index is 4.19. The molecular formula is C62H117N2O6P. The molecule has 0 spiro atoms. The van der Waals surface area contributed by atoms with Crippen LogP contribution in [-0.4, -0.2) is 68.5 Å². The summed E-state index contributed by atoms with van der Waals surface area (Å²) in [6.45, 7) is 4.64. The summed E-state index contributed by atoms with van der Waals surface area (Å²) < 4.78 is 23.4. The molecule has 2 N–H and O–H groups in total. The van der Waals surface area contributed by atoms with Gasteiger partial charge in [-0.1, -0.05) is 261 Å². The minimum absolute atomic E-state index is 0.00740. The van der Waals surface area contributed by atoms with Gasteiger partial charge in [0, 0.05) is 6.42 Å². The number of likely N-dealkylation sites (N-methyl/N-ethyl adjacent to an activating group) is 1. The van der Waals surface area contributed by atoms with Crippen molar-refractivity contribution in [3.63, 3.8) is 0 Å². The van der Waals surface area contributed by atoms with Crippen molar-refractivity contribution in [2.75, 3.05) is 40.9 Å². The number of phosphoric ester groups is 1. The SMILES string of the molecule is CCCCCCC/C=C\C/C=C\C/C=C\CCCCCCCCCCCCCCCCC(=O)NC(COP(=O)([O-])OCC[N+](C)(C)C)C(O)/C=C/CC/C=C/CCCCCCCCCCCCCCCC. The first-order chi connectivity index (χ1) is 34.5. The highest BCUT2D eigenvalue weighted by Crippen LogP contribution is 2.38. The average molecular weight is 1020 g/mol. The van der Waals surface area contributed by atoms with Gasteiger partial charge in [0.2, 0.25) is 5.91 Å². The first-order valence-corrected chi connectivity index (χ1v) is 31.6. The molecule has 0 saturated carbocycles. The molecule has 0 fully saturated rings. The molecule has 416 valence electrons. The number of quaternary nitrogens is 1. The number of carbonyl (C=O) groups is 1. The lowest BCUT2D eigenvalue weighted by molar-refractivity contribution is -0.870. The van der Waals surface area contributed by atoms with Crippen LogP contribution in [0.15, 0.2) is 60.8 Å². The number of amides is 1. The summed E-state index contributed by atoms with van der Waals surface area (Å²) in [5, 5.41) is 13.9. The zero-order chi connectivity index (χ0) is 52.0. The van der Waals surface area contributed by atoms with Crippen LogP contribution >= 0.6 is 7.82 Å². The molecule has 1 amide bonds.